The van der Waals surface area contributed by atoms with Gasteiger partial charge >= 0.3 is 0 Å². The van der Waals surface area contributed by atoms with Gasteiger partial charge in [-0.05, 0) is 6.42 Å². The third-order valence-corrected chi connectivity index (χ3v) is 2.37. The lowest BCUT2D eigenvalue weighted by atomic mass is 10.2. The molecule has 74 valence electrons. The second-order valence-electron chi connectivity index (χ2n) is 3.06. The van der Waals surface area contributed by atoms with Crippen LogP contribution in [0.1, 0.15) is 19.0 Å². The summed E-state index contributed by atoms with van der Waals surface area (Å²) in [5.41, 5.74) is 1.69. The summed E-state index contributed by atoms with van der Waals surface area (Å²) in [6.45, 7) is 2.10. The van der Waals surface area contributed by atoms with E-state index in [0.717, 1.165) is 18.5 Å². The van der Waals surface area contributed by atoms with E-state index >= 15 is 0 Å². The fourth-order valence-electron chi connectivity index (χ4n) is 1.33. The van der Waals surface area contributed by atoms with Gasteiger partial charge in [0.15, 0.2) is 5.65 Å². The normalized spacial score (nSPS) is 11.1. The molecule has 0 aromatic carbocycles. The summed E-state index contributed by atoms with van der Waals surface area (Å²) in [7, 11) is 0. The van der Waals surface area contributed by atoms with Crippen LogP contribution in [0.25, 0.3) is 5.65 Å². The van der Waals surface area contributed by atoms with Crippen molar-refractivity contribution in [3.8, 4) is 0 Å². The van der Waals surface area contributed by atoms with Gasteiger partial charge in [0.05, 0.1) is 5.69 Å². The Bertz CT molecular complexity index is 464. The standard InChI is InChI=1S/C9H9Cl2N3/c1-2-3-6-4-9-12-7(10)5-8(11)14(9)13-6/h4-5H,2-3H2,1H3. The molecule has 14 heavy (non-hydrogen) atoms. The molecule has 0 aliphatic carbocycles. The number of aromatic nitrogens is 3. The number of halogens is 2. The fourth-order valence-corrected chi connectivity index (χ4v) is 1.81. The Kier molecular flexibility index (Phi) is 2.61. The van der Waals surface area contributed by atoms with Gasteiger partial charge in [-0.15, -0.1) is 0 Å². The van der Waals surface area contributed by atoms with E-state index in [1.54, 1.807) is 10.6 Å². The van der Waals surface area contributed by atoms with E-state index in [-0.39, 0.29) is 0 Å². The van der Waals surface area contributed by atoms with Gasteiger partial charge in [-0.1, -0.05) is 36.5 Å². The number of hydrogen-bond donors (Lipinski definition) is 0. The van der Waals surface area contributed by atoms with Gasteiger partial charge in [0.2, 0.25) is 0 Å². The maximum atomic E-state index is 5.95. The molecule has 0 aliphatic heterocycles. The molecule has 5 heteroatoms. The Morgan fingerprint density at radius 3 is 2.86 bits per heavy atom. The van der Waals surface area contributed by atoms with Crippen LogP contribution in [0.5, 0.6) is 0 Å². The second kappa shape index (κ2) is 3.75. The molecule has 2 heterocycles. The number of nitrogens with zero attached hydrogens (tertiary/aromatic N) is 3. The van der Waals surface area contributed by atoms with E-state index in [1.165, 1.54) is 0 Å². The molecular formula is C9H9Cl2N3. The molecule has 0 N–H and O–H groups in total. The van der Waals surface area contributed by atoms with Crippen molar-refractivity contribution in [3.63, 3.8) is 0 Å². The minimum Gasteiger partial charge on any atom is -0.217 e. The monoisotopic (exact) mass is 229 g/mol. The third kappa shape index (κ3) is 1.70. The minimum absolute atomic E-state index is 0.394. The number of rotatable bonds is 2. The van der Waals surface area contributed by atoms with E-state index < -0.39 is 0 Å². The SMILES string of the molecule is CCCc1cc2nc(Cl)cc(Cl)n2n1. The van der Waals surface area contributed by atoms with E-state index in [0.29, 0.717) is 16.0 Å². The Hall–Kier alpha value is -0.800. The Labute approximate surface area is 91.7 Å². The average molecular weight is 230 g/mol. The highest BCUT2D eigenvalue weighted by atomic mass is 35.5. The summed E-state index contributed by atoms with van der Waals surface area (Å²) in [5, 5.41) is 5.19. The highest BCUT2D eigenvalue weighted by Gasteiger charge is 2.06. The Balaban J connectivity index is 2.58. The Morgan fingerprint density at radius 2 is 2.14 bits per heavy atom. The smallest absolute Gasteiger partial charge is 0.158 e. The van der Waals surface area contributed by atoms with Crippen LogP contribution in [0.2, 0.25) is 10.3 Å². The van der Waals surface area contributed by atoms with Crippen molar-refractivity contribution < 1.29 is 0 Å². The van der Waals surface area contributed by atoms with Crippen molar-refractivity contribution in [2.24, 2.45) is 0 Å². The van der Waals surface area contributed by atoms with Crippen LogP contribution < -0.4 is 0 Å². The zero-order valence-electron chi connectivity index (χ0n) is 7.67. The highest BCUT2D eigenvalue weighted by Crippen LogP contribution is 2.17. The summed E-state index contributed by atoms with van der Waals surface area (Å²) in [4.78, 5) is 4.12. The van der Waals surface area contributed by atoms with Crippen LogP contribution >= 0.6 is 23.2 Å². The average Bonchev–Trinajstić information content (AvgIpc) is 2.48. The first-order chi connectivity index (χ1) is 6.70. The predicted molar refractivity (Wildman–Crippen MR) is 57.0 cm³/mol. The summed E-state index contributed by atoms with van der Waals surface area (Å²) in [5.74, 6) is 0. The van der Waals surface area contributed by atoms with Crippen LogP contribution in [-0.4, -0.2) is 14.6 Å². The summed E-state index contributed by atoms with van der Waals surface area (Å²) in [6.07, 6.45) is 1.98. The molecule has 0 aliphatic rings. The molecule has 2 aromatic rings. The highest BCUT2D eigenvalue weighted by molar-refractivity contribution is 6.33. The molecule has 0 saturated carbocycles. The third-order valence-electron chi connectivity index (χ3n) is 1.91. The van der Waals surface area contributed by atoms with Gasteiger partial charge in [0, 0.05) is 12.1 Å². The molecule has 2 aromatic heterocycles. The lowest BCUT2D eigenvalue weighted by molar-refractivity contribution is 0.833. The summed E-state index contributed by atoms with van der Waals surface area (Å²) in [6, 6.07) is 3.49. The second-order valence-corrected chi connectivity index (χ2v) is 3.83. The Morgan fingerprint density at radius 1 is 1.36 bits per heavy atom. The van der Waals surface area contributed by atoms with Crippen molar-refractivity contribution in [1.29, 1.82) is 0 Å². The maximum Gasteiger partial charge on any atom is 0.158 e. The van der Waals surface area contributed by atoms with E-state index in [1.807, 2.05) is 6.07 Å². The first kappa shape index (κ1) is 9.74. The molecule has 0 radical (unpaired) electrons. The van der Waals surface area contributed by atoms with Crippen LogP contribution in [0.3, 0.4) is 0 Å². The number of fused-ring (bicyclic) bond motifs is 1. The zero-order chi connectivity index (χ0) is 10.1. The van der Waals surface area contributed by atoms with Gasteiger partial charge in [-0.25, -0.2) is 9.50 Å². The first-order valence-electron chi connectivity index (χ1n) is 4.41. The molecular weight excluding hydrogens is 221 g/mol. The van der Waals surface area contributed by atoms with Crippen molar-refractivity contribution in [3.05, 3.63) is 28.1 Å². The van der Waals surface area contributed by atoms with E-state index in [2.05, 4.69) is 17.0 Å². The maximum absolute atomic E-state index is 5.95. The molecule has 0 unspecified atom stereocenters. The van der Waals surface area contributed by atoms with Crippen LogP contribution in [0.4, 0.5) is 0 Å². The van der Waals surface area contributed by atoms with Crippen molar-refractivity contribution in [1.82, 2.24) is 14.6 Å². The van der Waals surface area contributed by atoms with E-state index in [9.17, 15) is 0 Å². The quantitative estimate of drug-likeness (QED) is 0.742. The lowest BCUT2D eigenvalue weighted by Gasteiger charge is -1.95. The van der Waals surface area contributed by atoms with Crippen LogP contribution in [0.15, 0.2) is 12.1 Å². The summed E-state index contributed by atoms with van der Waals surface area (Å²) >= 11 is 11.7. The molecule has 0 saturated heterocycles. The molecule has 0 amide bonds. The predicted octanol–water partition coefficient (Wildman–Crippen LogP) is 2.99. The molecule has 0 spiro atoms. The molecule has 0 atom stereocenters. The van der Waals surface area contributed by atoms with Crippen LogP contribution in [0, 0.1) is 0 Å². The zero-order valence-corrected chi connectivity index (χ0v) is 9.18. The van der Waals surface area contributed by atoms with Gasteiger partial charge in [0.1, 0.15) is 10.3 Å². The van der Waals surface area contributed by atoms with Gasteiger partial charge in [-0.3, -0.25) is 0 Å². The van der Waals surface area contributed by atoms with Crippen LogP contribution in [-0.2, 0) is 6.42 Å². The lowest BCUT2D eigenvalue weighted by Crippen LogP contribution is -1.92. The van der Waals surface area contributed by atoms with Gasteiger partial charge in [0.25, 0.3) is 0 Å². The number of hydrogen-bond acceptors (Lipinski definition) is 2. The topological polar surface area (TPSA) is 30.2 Å². The molecule has 2 rings (SSSR count). The van der Waals surface area contributed by atoms with E-state index in [4.69, 9.17) is 23.2 Å². The fraction of sp³-hybridized carbons (Fsp3) is 0.333. The summed E-state index contributed by atoms with van der Waals surface area (Å²) < 4.78 is 1.60. The first-order valence-corrected chi connectivity index (χ1v) is 5.17. The largest absolute Gasteiger partial charge is 0.217 e. The number of aryl methyl sites for hydroxylation is 1. The minimum atomic E-state index is 0.394. The van der Waals surface area contributed by atoms with Gasteiger partial charge in [-0.2, -0.15) is 5.10 Å². The van der Waals surface area contributed by atoms with Gasteiger partial charge < -0.3 is 0 Å². The molecule has 3 nitrogen and oxygen atoms in total. The molecule has 0 fully saturated rings. The van der Waals surface area contributed by atoms with Crippen molar-refractivity contribution in [2.45, 2.75) is 19.8 Å². The molecule has 0 bridgehead atoms. The van der Waals surface area contributed by atoms with Crippen molar-refractivity contribution >= 4 is 28.8 Å². The van der Waals surface area contributed by atoms with Crippen molar-refractivity contribution in [2.75, 3.05) is 0 Å².